The van der Waals surface area contributed by atoms with E-state index in [4.69, 9.17) is 14.2 Å². The molecule has 1 aliphatic rings. The van der Waals surface area contributed by atoms with Gasteiger partial charge < -0.3 is 50.2 Å². The van der Waals surface area contributed by atoms with E-state index < -0.39 is 72.5 Å². The summed E-state index contributed by atoms with van der Waals surface area (Å²) in [7, 11) is 0. The smallest absolute Gasteiger partial charge is 0.335 e. The lowest BCUT2D eigenvalue weighted by atomic mass is 9.90. The molecule has 12 nitrogen and oxygen atoms in total. The lowest BCUT2D eigenvalue weighted by molar-refractivity contribution is -0.315. The molecule has 9 atom stereocenters. The van der Waals surface area contributed by atoms with Crippen LogP contribution in [0.5, 0.6) is 0 Å². The highest BCUT2D eigenvalue weighted by Crippen LogP contribution is 2.28. The third-order valence-corrected chi connectivity index (χ3v) is 4.78. The van der Waals surface area contributed by atoms with Gasteiger partial charge >= 0.3 is 5.97 Å². The molecular formula is C18H33NO11. The topological polar surface area (TPSA) is 195 Å². The molecule has 0 aromatic heterocycles. The van der Waals surface area contributed by atoms with E-state index in [1.54, 1.807) is 20.8 Å². The van der Waals surface area contributed by atoms with Crippen LogP contribution in [0.3, 0.4) is 0 Å². The number of aliphatic hydroxyl groups is 5. The zero-order valence-electron chi connectivity index (χ0n) is 17.6. The van der Waals surface area contributed by atoms with Gasteiger partial charge in [-0.25, -0.2) is 4.79 Å². The lowest BCUT2D eigenvalue weighted by Crippen LogP contribution is -2.65. The molecule has 7 N–H and O–H groups in total. The predicted molar refractivity (Wildman–Crippen MR) is 100 cm³/mol. The zero-order valence-corrected chi connectivity index (χ0v) is 17.6. The third-order valence-electron chi connectivity index (χ3n) is 4.78. The molecule has 0 aromatic carbocycles. The largest absolute Gasteiger partial charge is 0.479 e. The number of nitrogens with one attached hydrogen (secondary N) is 1. The summed E-state index contributed by atoms with van der Waals surface area (Å²) in [5.74, 6) is -2.08. The number of aliphatic carboxylic acids is 1. The first kappa shape index (κ1) is 26.7. The zero-order chi connectivity index (χ0) is 23.4. The molecule has 1 aliphatic heterocycles. The molecule has 1 heterocycles. The maximum atomic E-state index is 11.8. The van der Waals surface area contributed by atoms with E-state index in [-0.39, 0.29) is 6.61 Å². The van der Waals surface area contributed by atoms with Crippen LogP contribution in [0.1, 0.15) is 34.6 Å². The average molecular weight is 439 g/mol. The quantitative estimate of drug-likeness (QED) is 0.187. The molecule has 0 aliphatic carbocycles. The minimum Gasteiger partial charge on any atom is -0.479 e. The first-order valence-corrected chi connectivity index (χ1v) is 9.54. The van der Waals surface area contributed by atoms with Gasteiger partial charge in [-0.1, -0.05) is 0 Å². The highest BCUT2D eigenvalue weighted by molar-refractivity contribution is 5.73. The van der Waals surface area contributed by atoms with E-state index in [2.05, 4.69) is 5.32 Å². The molecule has 8 unspecified atom stereocenters. The van der Waals surface area contributed by atoms with Crippen LogP contribution < -0.4 is 5.32 Å². The summed E-state index contributed by atoms with van der Waals surface area (Å²) in [5.41, 5.74) is -1.21. The standard InChI is InChI=1S/C18H33NO11/c1-7(6-20)30-18(4,5)15(19-9(3)22)13(8(2)21)28-17-12(25)10(23)11(24)14(29-17)16(26)27/h7-8,10-15,17,20-21,23-25H,6H2,1-5H3,(H,19,22)(H,26,27)/t7?,8?,10?,11?,12?,13?,14?,15-,17?/m0/s1. The van der Waals surface area contributed by atoms with Gasteiger partial charge in [0, 0.05) is 6.92 Å². The SMILES string of the molecule is CC(=O)N[C@@H](C(OC1OC(C(=O)O)C(O)C(O)C1O)C(C)O)C(C)(C)OC(C)CO. The van der Waals surface area contributed by atoms with Gasteiger partial charge in [0.15, 0.2) is 12.4 Å². The Hall–Kier alpha value is -1.38. The van der Waals surface area contributed by atoms with Crippen molar-refractivity contribution in [3.8, 4) is 0 Å². The molecule has 30 heavy (non-hydrogen) atoms. The van der Waals surface area contributed by atoms with Crippen molar-refractivity contribution in [2.45, 2.75) is 95.3 Å². The first-order chi connectivity index (χ1) is 13.7. The summed E-state index contributed by atoms with van der Waals surface area (Å²) in [6.45, 7) is 6.99. The molecule has 0 aromatic rings. The van der Waals surface area contributed by atoms with Gasteiger partial charge in [0.1, 0.15) is 24.4 Å². The Morgan fingerprint density at radius 3 is 2.13 bits per heavy atom. The van der Waals surface area contributed by atoms with Crippen molar-refractivity contribution in [2.75, 3.05) is 6.61 Å². The number of carbonyl (C=O) groups is 2. The number of carboxylic acids is 1. The van der Waals surface area contributed by atoms with E-state index in [9.17, 15) is 40.2 Å². The first-order valence-electron chi connectivity index (χ1n) is 9.54. The van der Waals surface area contributed by atoms with E-state index in [0.717, 1.165) is 0 Å². The third kappa shape index (κ3) is 6.56. The molecule has 1 rings (SSSR count). The van der Waals surface area contributed by atoms with E-state index >= 15 is 0 Å². The summed E-state index contributed by atoms with van der Waals surface area (Å²) in [5, 5.41) is 61.3. The number of hydrogen-bond acceptors (Lipinski definition) is 10. The highest BCUT2D eigenvalue weighted by Gasteiger charge is 2.50. The lowest BCUT2D eigenvalue weighted by Gasteiger charge is -2.45. The monoisotopic (exact) mass is 439 g/mol. The fourth-order valence-corrected chi connectivity index (χ4v) is 3.29. The average Bonchev–Trinajstić information content (AvgIpc) is 2.62. The molecule has 0 spiro atoms. The molecular weight excluding hydrogens is 406 g/mol. The van der Waals surface area contributed by atoms with Gasteiger partial charge in [0.25, 0.3) is 0 Å². The van der Waals surface area contributed by atoms with Gasteiger partial charge in [-0.3, -0.25) is 4.79 Å². The van der Waals surface area contributed by atoms with Crippen LogP contribution in [0.2, 0.25) is 0 Å². The number of aliphatic hydroxyl groups excluding tert-OH is 5. The Morgan fingerprint density at radius 1 is 1.13 bits per heavy atom. The molecule has 0 bridgehead atoms. The Labute approximate surface area is 174 Å². The van der Waals surface area contributed by atoms with Crippen LogP contribution in [-0.2, 0) is 23.8 Å². The normalized spacial score (nSPS) is 31.5. The van der Waals surface area contributed by atoms with Crippen LogP contribution in [0.15, 0.2) is 0 Å². The number of carbonyl (C=O) groups excluding carboxylic acids is 1. The number of rotatable bonds is 10. The van der Waals surface area contributed by atoms with Crippen molar-refractivity contribution in [3.63, 3.8) is 0 Å². The maximum absolute atomic E-state index is 11.8. The van der Waals surface area contributed by atoms with Crippen LogP contribution in [-0.4, -0.2) is 110 Å². The Bertz CT molecular complexity index is 584. The van der Waals surface area contributed by atoms with Gasteiger partial charge in [-0.15, -0.1) is 0 Å². The predicted octanol–water partition coefficient (Wildman–Crippen LogP) is -2.67. The van der Waals surface area contributed by atoms with Crippen molar-refractivity contribution in [2.24, 2.45) is 0 Å². The van der Waals surface area contributed by atoms with Gasteiger partial charge in [0.05, 0.1) is 30.5 Å². The Kier molecular flexibility index (Phi) is 9.57. The van der Waals surface area contributed by atoms with Crippen molar-refractivity contribution in [1.29, 1.82) is 0 Å². The molecule has 0 radical (unpaired) electrons. The molecule has 176 valence electrons. The number of amides is 1. The Balaban J connectivity index is 3.21. The Morgan fingerprint density at radius 2 is 1.70 bits per heavy atom. The van der Waals surface area contributed by atoms with Crippen LogP contribution in [0.4, 0.5) is 0 Å². The summed E-state index contributed by atoms with van der Waals surface area (Å²) < 4.78 is 16.5. The number of ether oxygens (including phenoxy) is 3. The minimum atomic E-state index is -1.90. The van der Waals surface area contributed by atoms with Crippen molar-refractivity contribution >= 4 is 11.9 Å². The second-order valence-electron chi connectivity index (χ2n) is 7.97. The second-order valence-corrected chi connectivity index (χ2v) is 7.97. The van der Waals surface area contributed by atoms with E-state index in [0.29, 0.717) is 0 Å². The highest BCUT2D eigenvalue weighted by atomic mass is 16.7. The van der Waals surface area contributed by atoms with Crippen molar-refractivity contribution in [1.82, 2.24) is 5.32 Å². The fourth-order valence-electron chi connectivity index (χ4n) is 3.29. The maximum Gasteiger partial charge on any atom is 0.335 e. The summed E-state index contributed by atoms with van der Waals surface area (Å²) in [4.78, 5) is 23.1. The second kappa shape index (κ2) is 10.8. The number of hydrogen-bond donors (Lipinski definition) is 7. The number of carboxylic acid groups (broad SMARTS) is 1. The summed E-state index contributed by atoms with van der Waals surface area (Å²) in [6.07, 6.45) is -12.5. The van der Waals surface area contributed by atoms with Crippen LogP contribution in [0.25, 0.3) is 0 Å². The molecule has 1 fully saturated rings. The van der Waals surface area contributed by atoms with E-state index in [1.165, 1.54) is 13.8 Å². The van der Waals surface area contributed by atoms with Gasteiger partial charge in [-0.2, -0.15) is 0 Å². The van der Waals surface area contributed by atoms with Crippen molar-refractivity contribution in [3.05, 3.63) is 0 Å². The van der Waals surface area contributed by atoms with Crippen molar-refractivity contribution < 1.29 is 54.4 Å². The molecule has 0 saturated carbocycles. The van der Waals surface area contributed by atoms with Gasteiger partial charge in [-0.05, 0) is 27.7 Å². The molecule has 12 heteroatoms. The van der Waals surface area contributed by atoms with Crippen LogP contribution in [0, 0.1) is 0 Å². The molecule has 1 saturated heterocycles. The summed E-state index contributed by atoms with van der Waals surface area (Å²) in [6, 6.07) is -1.05. The summed E-state index contributed by atoms with van der Waals surface area (Å²) >= 11 is 0. The van der Waals surface area contributed by atoms with E-state index in [1.807, 2.05) is 0 Å². The van der Waals surface area contributed by atoms with Gasteiger partial charge in [0.2, 0.25) is 5.91 Å². The fraction of sp³-hybridized carbons (Fsp3) is 0.889. The van der Waals surface area contributed by atoms with Crippen LogP contribution >= 0.6 is 0 Å². The molecule has 1 amide bonds. The minimum absolute atomic E-state index is 0.314.